The van der Waals surface area contributed by atoms with Crippen LogP contribution in [0.15, 0.2) is 30.3 Å². The van der Waals surface area contributed by atoms with Gasteiger partial charge < -0.3 is 9.47 Å². The van der Waals surface area contributed by atoms with E-state index in [0.29, 0.717) is 0 Å². The molecule has 5 nitrogen and oxygen atoms in total. The van der Waals surface area contributed by atoms with E-state index in [9.17, 15) is 14.0 Å². The van der Waals surface area contributed by atoms with Crippen molar-refractivity contribution < 1.29 is 23.5 Å². The summed E-state index contributed by atoms with van der Waals surface area (Å²) in [6, 6.07) is 8.24. The second-order valence-corrected chi connectivity index (χ2v) is 6.57. The van der Waals surface area contributed by atoms with Gasteiger partial charge in [0.05, 0.1) is 6.54 Å². The smallest absolute Gasteiger partial charge is 0.411 e. The zero-order chi connectivity index (χ0) is 17.0. The molecule has 1 fully saturated rings. The van der Waals surface area contributed by atoms with E-state index in [2.05, 4.69) is 0 Å². The van der Waals surface area contributed by atoms with Crippen LogP contribution >= 0.6 is 0 Å². The van der Waals surface area contributed by atoms with Crippen molar-refractivity contribution in [3.05, 3.63) is 35.9 Å². The highest BCUT2D eigenvalue weighted by atomic mass is 19.1. The Hall–Kier alpha value is -2.11. The van der Waals surface area contributed by atoms with E-state index in [1.54, 1.807) is 20.8 Å². The summed E-state index contributed by atoms with van der Waals surface area (Å²) < 4.78 is 24.1. The number of carbonyl (C=O) groups excluding carboxylic acids is 2. The lowest BCUT2D eigenvalue weighted by Crippen LogP contribution is -2.44. The highest BCUT2D eigenvalue weighted by Gasteiger charge is 2.42. The number of likely N-dealkylation sites (tertiary alicyclic amines) is 1. The number of hydrogen-bond donors (Lipinski definition) is 0. The lowest BCUT2D eigenvalue weighted by molar-refractivity contribution is -0.150. The molecule has 1 heterocycles. The van der Waals surface area contributed by atoms with Gasteiger partial charge in [-0.1, -0.05) is 30.3 Å². The van der Waals surface area contributed by atoms with Crippen molar-refractivity contribution in [1.29, 1.82) is 0 Å². The molecule has 1 unspecified atom stereocenters. The molecule has 0 aromatic heterocycles. The zero-order valence-electron chi connectivity index (χ0n) is 13.6. The van der Waals surface area contributed by atoms with Crippen LogP contribution in [0.25, 0.3) is 0 Å². The normalized spacial score (nSPS) is 21.1. The standard InChI is InChI=1S/C17H22FNO4/c1-17(2,3)23-16(21)19-10-13(18)9-14(19)15(20)22-11-12-7-5-4-6-8-12/h4-8,13-14H,9-11H2,1-3H3/t13?,14-/m0/s1. The minimum Gasteiger partial charge on any atom is -0.459 e. The molecule has 2 atom stereocenters. The van der Waals surface area contributed by atoms with Gasteiger partial charge in [0.15, 0.2) is 0 Å². The number of rotatable bonds is 3. The average Bonchev–Trinajstić information content (AvgIpc) is 2.86. The predicted octanol–water partition coefficient (Wildman–Crippen LogP) is 3.08. The Morgan fingerprint density at radius 1 is 1.26 bits per heavy atom. The van der Waals surface area contributed by atoms with Gasteiger partial charge in [-0.15, -0.1) is 0 Å². The first-order valence-electron chi connectivity index (χ1n) is 7.60. The van der Waals surface area contributed by atoms with E-state index >= 15 is 0 Å². The van der Waals surface area contributed by atoms with E-state index in [1.165, 1.54) is 0 Å². The van der Waals surface area contributed by atoms with Crippen molar-refractivity contribution >= 4 is 12.1 Å². The molecule has 0 radical (unpaired) electrons. The van der Waals surface area contributed by atoms with Crippen LogP contribution in [0.4, 0.5) is 9.18 Å². The van der Waals surface area contributed by atoms with Crippen molar-refractivity contribution in [2.24, 2.45) is 0 Å². The SMILES string of the molecule is CC(C)(C)OC(=O)N1CC(F)C[C@H]1C(=O)OCc1ccccc1. The Balaban J connectivity index is 1.98. The summed E-state index contributed by atoms with van der Waals surface area (Å²) in [5.74, 6) is -0.611. The molecule has 0 aliphatic carbocycles. The van der Waals surface area contributed by atoms with Crippen LogP contribution in [0.3, 0.4) is 0 Å². The lowest BCUT2D eigenvalue weighted by atomic mass is 10.2. The Morgan fingerprint density at radius 2 is 1.91 bits per heavy atom. The molecule has 2 rings (SSSR count). The first-order chi connectivity index (χ1) is 10.8. The Morgan fingerprint density at radius 3 is 2.52 bits per heavy atom. The molecule has 1 amide bonds. The summed E-state index contributed by atoms with van der Waals surface area (Å²) in [4.78, 5) is 25.4. The molecule has 1 aliphatic rings. The van der Waals surface area contributed by atoms with Crippen LogP contribution in [0.1, 0.15) is 32.8 Å². The third-order valence-electron chi connectivity index (χ3n) is 3.37. The van der Waals surface area contributed by atoms with Crippen molar-refractivity contribution in [3.63, 3.8) is 0 Å². The third-order valence-corrected chi connectivity index (χ3v) is 3.37. The van der Waals surface area contributed by atoms with Crippen LogP contribution in [-0.2, 0) is 20.9 Å². The molecule has 1 saturated heterocycles. The van der Waals surface area contributed by atoms with Crippen molar-refractivity contribution in [1.82, 2.24) is 4.90 Å². The average molecular weight is 323 g/mol. The second-order valence-electron chi connectivity index (χ2n) is 6.57. The van der Waals surface area contributed by atoms with Gasteiger partial charge in [-0.3, -0.25) is 4.90 Å². The molecule has 0 bridgehead atoms. The van der Waals surface area contributed by atoms with Crippen molar-refractivity contribution in [3.8, 4) is 0 Å². The summed E-state index contributed by atoms with van der Waals surface area (Å²) in [5, 5.41) is 0. The van der Waals surface area contributed by atoms with Crippen LogP contribution in [-0.4, -0.2) is 41.3 Å². The summed E-state index contributed by atoms with van der Waals surface area (Å²) in [7, 11) is 0. The van der Waals surface area contributed by atoms with Gasteiger partial charge in [-0.25, -0.2) is 14.0 Å². The molecule has 0 spiro atoms. The number of esters is 1. The maximum Gasteiger partial charge on any atom is 0.411 e. The number of ether oxygens (including phenoxy) is 2. The van der Waals surface area contributed by atoms with Gasteiger partial charge in [-0.2, -0.15) is 0 Å². The molecule has 1 aromatic carbocycles. The number of alkyl halides is 1. The molecule has 1 aromatic rings. The first-order valence-corrected chi connectivity index (χ1v) is 7.60. The maximum absolute atomic E-state index is 13.7. The molecule has 0 saturated carbocycles. The molecule has 0 N–H and O–H groups in total. The fraction of sp³-hybridized carbons (Fsp3) is 0.529. The predicted molar refractivity (Wildman–Crippen MR) is 82.5 cm³/mol. The maximum atomic E-state index is 13.7. The molecular formula is C17H22FNO4. The Labute approximate surface area is 135 Å². The third kappa shape index (κ3) is 4.94. The van der Waals surface area contributed by atoms with E-state index in [4.69, 9.17) is 9.47 Å². The number of benzene rings is 1. The van der Waals surface area contributed by atoms with Crippen LogP contribution in [0.5, 0.6) is 0 Å². The first kappa shape index (κ1) is 17.2. The number of halogens is 1. The summed E-state index contributed by atoms with van der Waals surface area (Å²) in [5.41, 5.74) is 0.128. The van der Waals surface area contributed by atoms with E-state index in [0.717, 1.165) is 10.5 Å². The highest BCUT2D eigenvalue weighted by Crippen LogP contribution is 2.24. The molecule has 23 heavy (non-hydrogen) atoms. The summed E-state index contributed by atoms with van der Waals surface area (Å²) >= 11 is 0. The van der Waals surface area contributed by atoms with Gasteiger partial charge in [0.2, 0.25) is 0 Å². The summed E-state index contributed by atoms with van der Waals surface area (Å²) in [6.45, 7) is 5.10. The molecule has 1 aliphatic heterocycles. The van der Waals surface area contributed by atoms with Gasteiger partial charge in [0.1, 0.15) is 24.4 Å². The monoisotopic (exact) mass is 323 g/mol. The fourth-order valence-electron chi connectivity index (χ4n) is 2.36. The van der Waals surface area contributed by atoms with Gasteiger partial charge in [0, 0.05) is 6.42 Å². The Bertz CT molecular complexity index is 555. The summed E-state index contributed by atoms with van der Waals surface area (Å²) in [6.07, 6.45) is -2.01. The van der Waals surface area contributed by atoms with E-state index in [1.807, 2.05) is 30.3 Å². The Kier molecular flexibility index (Phi) is 5.23. The fourth-order valence-corrected chi connectivity index (χ4v) is 2.36. The number of hydrogen-bond acceptors (Lipinski definition) is 4. The minimum atomic E-state index is -1.25. The van der Waals surface area contributed by atoms with Crippen molar-refractivity contribution in [2.45, 2.75) is 51.6 Å². The van der Waals surface area contributed by atoms with Gasteiger partial charge in [-0.05, 0) is 26.3 Å². The second kappa shape index (κ2) is 6.98. The molecule has 6 heteroatoms. The largest absolute Gasteiger partial charge is 0.459 e. The molecule has 126 valence electrons. The topological polar surface area (TPSA) is 55.8 Å². The molecular weight excluding hydrogens is 301 g/mol. The lowest BCUT2D eigenvalue weighted by Gasteiger charge is -2.27. The number of nitrogens with zero attached hydrogens (tertiary/aromatic N) is 1. The van der Waals surface area contributed by atoms with Crippen LogP contribution in [0.2, 0.25) is 0 Å². The van der Waals surface area contributed by atoms with E-state index < -0.39 is 29.9 Å². The van der Waals surface area contributed by atoms with E-state index in [-0.39, 0.29) is 19.6 Å². The van der Waals surface area contributed by atoms with Crippen LogP contribution < -0.4 is 0 Å². The van der Waals surface area contributed by atoms with Crippen molar-refractivity contribution in [2.75, 3.05) is 6.54 Å². The van der Waals surface area contributed by atoms with Gasteiger partial charge in [0.25, 0.3) is 0 Å². The minimum absolute atomic E-state index is 0.0626. The van der Waals surface area contributed by atoms with Gasteiger partial charge >= 0.3 is 12.1 Å². The highest BCUT2D eigenvalue weighted by molar-refractivity contribution is 5.82. The number of carbonyl (C=O) groups is 2. The quantitative estimate of drug-likeness (QED) is 0.802. The van der Waals surface area contributed by atoms with Crippen LogP contribution in [0, 0.1) is 0 Å². The zero-order valence-corrected chi connectivity index (χ0v) is 13.6. The number of amides is 1.